The molecule has 1 aliphatic heterocycles. The van der Waals surface area contributed by atoms with E-state index in [-0.39, 0.29) is 0 Å². The predicted molar refractivity (Wildman–Crippen MR) is 68.7 cm³/mol. The zero-order valence-electron chi connectivity index (χ0n) is 10.5. The van der Waals surface area contributed by atoms with E-state index in [0.29, 0.717) is 0 Å². The van der Waals surface area contributed by atoms with Crippen LogP contribution >= 0.6 is 0 Å². The number of hydrogen-bond acceptors (Lipinski definition) is 2. The van der Waals surface area contributed by atoms with Crippen molar-refractivity contribution >= 4 is 0 Å². The highest BCUT2D eigenvalue weighted by molar-refractivity contribution is 5.00. The van der Waals surface area contributed by atoms with Gasteiger partial charge in [0.15, 0.2) is 0 Å². The molecule has 0 saturated heterocycles. The highest BCUT2D eigenvalue weighted by atomic mass is 16.5. The van der Waals surface area contributed by atoms with Crippen LogP contribution in [0.5, 0.6) is 0 Å². The molecule has 0 fully saturated rings. The highest BCUT2D eigenvalue weighted by Gasteiger charge is 1.99. The predicted octanol–water partition coefficient (Wildman–Crippen LogP) is 4.45. The molecule has 0 aromatic rings. The van der Waals surface area contributed by atoms with Crippen molar-refractivity contribution in [2.45, 2.75) is 64.7 Å². The fourth-order valence-electron chi connectivity index (χ4n) is 1.90. The first-order valence-corrected chi connectivity index (χ1v) is 6.70. The Kier molecular flexibility index (Phi) is 7.65. The van der Waals surface area contributed by atoms with Crippen molar-refractivity contribution in [1.29, 1.82) is 0 Å². The van der Waals surface area contributed by atoms with Crippen LogP contribution in [0.4, 0.5) is 0 Å². The van der Waals surface area contributed by atoms with E-state index in [0.717, 1.165) is 12.2 Å². The second-order valence-corrected chi connectivity index (χ2v) is 4.42. The molecule has 0 saturated carbocycles. The largest absolute Gasteiger partial charge is 0.466 e. The topological polar surface area (TPSA) is 21.3 Å². The molecule has 0 atom stereocenters. The zero-order chi connectivity index (χ0) is 11.5. The molecule has 1 heterocycles. The van der Waals surface area contributed by atoms with Gasteiger partial charge >= 0.3 is 0 Å². The van der Waals surface area contributed by atoms with Gasteiger partial charge in [-0.25, -0.2) is 0 Å². The second kappa shape index (κ2) is 9.32. The van der Waals surface area contributed by atoms with Gasteiger partial charge in [-0.1, -0.05) is 51.9 Å². The second-order valence-electron chi connectivity index (χ2n) is 4.42. The molecule has 0 radical (unpaired) electrons. The molecule has 1 aliphatic rings. The first kappa shape index (κ1) is 13.1. The summed E-state index contributed by atoms with van der Waals surface area (Å²) >= 11 is 0. The average molecular weight is 223 g/mol. The first-order chi connectivity index (χ1) is 7.93. The molecule has 92 valence electrons. The molecular weight excluding hydrogens is 198 g/mol. The summed E-state index contributed by atoms with van der Waals surface area (Å²) in [5.74, 6) is 1.06. The molecular formula is C14H25NO. The number of nitrogens with one attached hydrogen (secondary N) is 1. The van der Waals surface area contributed by atoms with E-state index in [1.54, 1.807) is 12.5 Å². The van der Waals surface area contributed by atoms with Crippen LogP contribution in [0.25, 0.3) is 0 Å². The third-order valence-electron chi connectivity index (χ3n) is 2.90. The van der Waals surface area contributed by atoms with Crippen molar-refractivity contribution in [2.24, 2.45) is 0 Å². The maximum absolute atomic E-state index is 5.36. The smallest absolute Gasteiger partial charge is 0.119 e. The fourth-order valence-corrected chi connectivity index (χ4v) is 1.90. The Balaban J connectivity index is 1.83. The van der Waals surface area contributed by atoms with Crippen LogP contribution in [0, 0.1) is 0 Å². The van der Waals surface area contributed by atoms with Gasteiger partial charge in [-0.05, 0) is 6.42 Å². The molecule has 1 rings (SSSR count). The number of rotatable bonds is 9. The van der Waals surface area contributed by atoms with E-state index in [1.165, 1.54) is 51.4 Å². The minimum absolute atomic E-state index is 1.06. The molecule has 2 nitrogen and oxygen atoms in total. The van der Waals surface area contributed by atoms with E-state index < -0.39 is 0 Å². The van der Waals surface area contributed by atoms with Gasteiger partial charge < -0.3 is 10.1 Å². The summed E-state index contributed by atoms with van der Waals surface area (Å²) < 4.78 is 5.36. The molecule has 0 aromatic carbocycles. The van der Waals surface area contributed by atoms with Gasteiger partial charge in [-0.2, -0.15) is 0 Å². The van der Waals surface area contributed by atoms with Crippen LogP contribution < -0.4 is 5.32 Å². The molecule has 16 heavy (non-hydrogen) atoms. The van der Waals surface area contributed by atoms with Gasteiger partial charge in [-0.15, -0.1) is 0 Å². The normalized spacial score (nSPS) is 14.2. The van der Waals surface area contributed by atoms with E-state index in [9.17, 15) is 0 Å². The Hall–Kier alpha value is -0.920. The summed E-state index contributed by atoms with van der Waals surface area (Å²) in [6.45, 7) is 2.26. The van der Waals surface area contributed by atoms with Crippen molar-refractivity contribution in [3.05, 3.63) is 24.4 Å². The van der Waals surface area contributed by atoms with Gasteiger partial charge in [0, 0.05) is 18.8 Å². The van der Waals surface area contributed by atoms with Crippen LogP contribution in [0.2, 0.25) is 0 Å². The lowest BCUT2D eigenvalue weighted by atomic mass is 10.1. The molecule has 0 spiro atoms. The van der Waals surface area contributed by atoms with E-state index in [2.05, 4.69) is 12.2 Å². The Morgan fingerprint density at radius 2 is 1.69 bits per heavy atom. The summed E-state index contributed by atoms with van der Waals surface area (Å²) in [4.78, 5) is 0. The quantitative estimate of drug-likeness (QED) is 0.583. The Labute approximate surface area is 99.8 Å². The first-order valence-electron chi connectivity index (χ1n) is 6.70. The minimum atomic E-state index is 1.06. The van der Waals surface area contributed by atoms with Crippen molar-refractivity contribution in [2.75, 3.05) is 0 Å². The van der Waals surface area contributed by atoms with Crippen LogP contribution in [-0.2, 0) is 4.74 Å². The molecule has 2 heteroatoms. The summed E-state index contributed by atoms with van der Waals surface area (Å²) in [6.07, 6.45) is 17.4. The van der Waals surface area contributed by atoms with Crippen LogP contribution in [-0.4, -0.2) is 0 Å². The third kappa shape index (κ3) is 6.54. The van der Waals surface area contributed by atoms with Crippen LogP contribution in [0.3, 0.4) is 0 Å². The number of unbranched alkanes of at least 4 members (excludes halogenated alkanes) is 7. The summed E-state index contributed by atoms with van der Waals surface area (Å²) in [5, 5.41) is 3.04. The minimum Gasteiger partial charge on any atom is -0.466 e. The Morgan fingerprint density at radius 3 is 2.31 bits per heavy atom. The van der Waals surface area contributed by atoms with Crippen molar-refractivity contribution < 1.29 is 4.74 Å². The van der Waals surface area contributed by atoms with Crippen molar-refractivity contribution in [3.8, 4) is 0 Å². The Bertz CT molecular complexity index is 221. The summed E-state index contributed by atoms with van der Waals surface area (Å²) in [5.41, 5.74) is 0. The summed E-state index contributed by atoms with van der Waals surface area (Å²) in [6, 6.07) is 0. The highest BCUT2D eigenvalue weighted by Crippen LogP contribution is 2.14. The van der Waals surface area contributed by atoms with Gasteiger partial charge in [0.1, 0.15) is 12.0 Å². The lowest BCUT2D eigenvalue weighted by Crippen LogP contribution is -2.02. The molecule has 0 unspecified atom stereocenters. The van der Waals surface area contributed by atoms with E-state index in [4.69, 9.17) is 4.74 Å². The van der Waals surface area contributed by atoms with E-state index in [1.807, 2.05) is 6.20 Å². The molecule has 1 N–H and O–H groups in total. The molecule has 0 aliphatic carbocycles. The van der Waals surface area contributed by atoms with Crippen molar-refractivity contribution in [1.82, 2.24) is 5.32 Å². The van der Waals surface area contributed by atoms with Gasteiger partial charge in [0.25, 0.3) is 0 Å². The van der Waals surface area contributed by atoms with Gasteiger partial charge in [0.2, 0.25) is 0 Å². The lowest BCUT2D eigenvalue weighted by Gasteiger charge is -2.10. The SMILES string of the molecule is CCCCCCCCCCC1=CNC=CO1. The molecule has 0 amide bonds. The van der Waals surface area contributed by atoms with Gasteiger partial charge in [0.05, 0.1) is 0 Å². The number of ether oxygens (including phenoxy) is 1. The Morgan fingerprint density at radius 1 is 1.00 bits per heavy atom. The average Bonchev–Trinajstić information content (AvgIpc) is 2.34. The monoisotopic (exact) mass is 223 g/mol. The fraction of sp³-hybridized carbons (Fsp3) is 0.714. The molecule has 0 bridgehead atoms. The maximum Gasteiger partial charge on any atom is 0.119 e. The van der Waals surface area contributed by atoms with Crippen LogP contribution in [0.15, 0.2) is 24.4 Å². The maximum atomic E-state index is 5.36. The lowest BCUT2D eigenvalue weighted by molar-refractivity contribution is 0.316. The standard InChI is InChI=1S/C14H25NO/c1-2-3-4-5-6-7-8-9-10-14-13-15-11-12-16-14/h11-13,15H,2-10H2,1H3. The number of hydrogen-bond donors (Lipinski definition) is 1. The third-order valence-corrected chi connectivity index (χ3v) is 2.90. The van der Waals surface area contributed by atoms with Gasteiger partial charge in [-0.3, -0.25) is 0 Å². The summed E-state index contributed by atoms with van der Waals surface area (Å²) in [7, 11) is 0. The number of allylic oxidation sites excluding steroid dienone is 1. The van der Waals surface area contributed by atoms with Crippen LogP contribution in [0.1, 0.15) is 64.7 Å². The van der Waals surface area contributed by atoms with Crippen molar-refractivity contribution in [3.63, 3.8) is 0 Å². The van der Waals surface area contributed by atoms with E-state index >= 15 is 0 Å². The zero-order valence-corrected chi connectivity index (χ0v) is 10.5. The molecule has 0 aromatic heterocycles.